The lowest BCUT2D eigenvalue weighted by molar-refractivity contribution is -0.0361. The van der Waals surface area contributed by atoms with E-state index < -0.39 is 5.92 Å². The first kappa shape index (κ1) is 17.5. The molecule has 2 N–H and O–H groups in total. The number of hydrogen-bond acceptors (Lipinski definition) is 5. The predicted octanol–water partition coefficient (Wildman–Crippen LogP) is 4.09. The summed E-state index contributed by atoms with van der Waals surface area (Å²) in [5, 5.41) is 6.50. The van der Waals surface area contributed by atoms with Crippen molar-refractivity contribution >= 4 is 11.8 Å². The Balaban J connectivity index is 1.68. The van der Waals surface area contributed by atoms with Gasteiger partial charge in [-0.1, -0.05) is 6.07 Å². The second-order valence-electron chi connectivity index (χ2n) is 6.56. The fraction of sp³-hybridized carbons (Fsp3) is 0.500. The summed E-state index contributed by atoms with van der Waals surface area (Å²) in [4.78, 5) is 13.2. The zero-order valence-electron chi connectivity index (χ0n) is 14.5. The molecule has 0 aromatic carbocycles. The zero-order chi connectivity index (χ0) is 17.9. The quantitative estimate of drug-likeness (QED) is 0.853. The largest absolute Gasteiger partial charge is 0.367 e. The molecule has 0 spiro atoms. The summed E-state index contributed by atoms with van der Waals surface area (Å²) in [5.41, 5.74) is 2.70. The maximum absolute atomic E-state index is 13.3. The maximum Gasteiger partial charge on any atom is 0.248 e. The van der Waals surface area contributed by atoms with E-state index in [-0.39, 0.29) is 18.9 Å². The third kappa shape index (κ3) is 4.61. The van der Waals surface area contributed by atoms with Gasteiger partial charge in [0.2, 0.25) is 11.9 Å². The number of aromatic nitrogens is 3. The fourth-order valence-electron chi connectivity index (χ4n) is 2.90. The number of aryl methyl sites for hydroxylation is 1. The molecule has 0 saturated heterocycles. The van der Waals surface area contributed by atoms with E-state index in [0.29, 0.717) is 31.2 Å². The lowest BCUT2D eigenvalue weighted by atomic mass is 9.92. The highest BCUT2D eigenvalue weighted by atomic mass is 19.3. The number of anilines is 2. The minimum Gasteiger partial charge on any atom is -0.367 e. The van der Waals surface area contributed by atoms with Crippen LogP contribution in [0.2, 0.25) is 0 Å². The van der Waals surface area contributed by atoms with Crippen LogP contribution in [0.4, 0.5) is 20.5 Å². The Kier molecular flexibility index (Phi) is 5.11. The molecule has 0 radical (unpaired) electrons. The van der Waals surface area contributed by atoms with Crippen molar-refractivity contribution in [3.8, 4) is 0 Å². The van der Waals surface area contributed by atoms with Gasteiger partial charge in [0.25, 0.3) is 0 Å². The molecule has 2 heterocycles. The molecule has 0 aliphatic heterocycles. The molecule has 25 heavy (non-hydrogen) atoms. The summed E-state index contributed by atoms with van der Waals surface area (Å²) >= 11 is 0. The third-order valence-corrected chi connectivity index (χ3v) is 4.60. The van der Waals surface area contributed by atoms with E-state index in [1.54, 1.807) is 6.20 Å². The number of halogens is 2. The van der Waals surface area contributed by atoms with Crippen LogP contribution in [0, 0.1) is 13.8 Å². The van der Waals surface area contributed by atoms with Gasteiger partial charge < -0.3 is 10.6 Å². The van der Waals surface area contributed by atoms with Crippen molar-refractivity contribution in [2.24, 2.45) is 0 Å². The third-order valence-electron chi connectivity index (χ3n) is 4.60. The van der Waals surface area contributed by atoms with Gasteiger partial charge in [0.1, 0.15) is 5.82 Å². The van der Waals surface area contributed by atoms with E-state index in [9.17, 15) is 8.78 Å². The van der Waals surface area contributed by atoms with Crippen molar-refractivity contribution in [1.29, 1.82) is 0 Å². The van der Waals surface area contributed by atoms with Crippen molar-refractivity contribution < 1.29 is 8.78 Å². The molecule has 0 atom stereocenters. The number of alkyl halides is 2. The molecule has 1 aliphatic rings. The van der Waals surface area contributed by atoms with Crippen LogP contribution >= 0.6 is 0 Å². The molecule has 1 aliphatic carbocycles. The van der Waals surface area contributed by atoms with Crippen LogP contribution in [-0.4, -0.2) is 26.9 Å². The van der Waals surface area contributed by atoms with E-state index in [0.717, 1.165) is 17.0 Å². The average molecular weight is 347 g/mol. The number of rotatable bonds is 5. The van der Waals surface area contributed by atoms with E-state index in [2.05, 4.69) is 25.6 Å². The number of hydrogen-bond donors (Lipinski definition) is 2. The lowest BCUT2D eigenvalue weighted by Crippen LogP contribution is -2.32. The van der Waals surface area contributed by atoms with Crippen molar-refractivity contribution in [3.05, 3.63) is 41.3 Å². The highest BCUT2D eigenvalue weighted by Crippen LogP contribution is 2.34. The van der Waals surface area contributed by atoms with Crippen LogP contribution in [0.3, 0.4) is 0 Å². The Hall–Kier alpha value is -2.31. The fourth-order valence-corrected chi connectivity index (χ4v) is 2.90. The highest BCUT2D eigenvalue weighted by molar-refractivity contribution is 5.50. The molecule has 7 heteroatoms. The van der Waals surface area contributed by atoms with Gasteiger partial charge in [-0.25, -0.2) is 13.8 Å². The molecule has 2 aromatic heterocycles. The summed E-state index contributed by atoms with van der Waals surface area (Å²) in [6.45, 7) is 4.39. The van der Waals surface area contributed by atoms with Crippen LogP contribution in [0.25, 0.3) is 0 Å². The van der Waals surface area contributed by atoms with Crippen LogP contribution in [-0.2, 0) is 6.54 Å². The van der Waals surface area contributed by atoms with Crippen molar-refractivity contribution in [1.82, 2.24) is 15.0 Å². The maximum atomic E-state index is 13.3. The standard InChI is InChI=1S/C18H23F2N5/c1-12-13(2)23-17(22-11-15-5-3-4-10-21-15)25-16(12)24-14-6-8-18(19,20)9-7-14/h3-5,10,14H,6-9,11H2,1-2H3,(H2,22,23,24,25). The van der Waals surface area contributed by atoms with Gasteiger partial charge in [-0.2, -0.15) is 4.98 Å². The molecular weight excluding hydrogens is 324 g/mol. The summed E-state index contributed by atoms with van der Waals surface area (Å²) < 4.78 is 26.6. The summed E-state index contributed by atoms with van der Waals surface area (Å²) in [7, 11) is 0. The van der Waals surface area contributed by atoms with Gasteiger partial charge in [-0.05, 0) is 38.8 Å². The van der Waals surface area contributed by atoms with Crippen molar-refractivity contribution in [2.45, 2.75) is 58.0 Å². The molecule has 1 fully saturated rings. The topological polar surface area (TPSA) is 62.7 Å². The van der Waals surface area contributed by atoms with Crippen LogP contribution in [0.5, 0.6) is 0 Å². The molecule has 134 valence electrons. The zero-order valence-corrected chi connectivity index (χ0v) is 14.5. The Bertz CT molecular complexity index is 711. The first-order valence-electron chi connectivity index (χ1n) is 8.56. The van der Waals surface area contributed by atoms with Crippen LogP contribution < -0.4 is 10.6 Å². The van der Waals surface area contributed by atoms with Crippen molar-refractivity contribution in [3.63, 3.8) is 0 Å². The van der Waals surface area contributed by atoms with Gasteiger partial charge in [0.05, 0.1) is 12.2 Å². The monoisotopic (exact) mass is 347 g/mol. The Morgan fingerprint density at radius 3 is 2.60 bits per heavy atom. The van der Waals surface area contributed by atoms with Gasteiger partial charge >= 0.3 is 0 Å². The van der Waals surface area contributed by atoms with Crippen LogP contribution in [0.1, 0.15) is 42.6 Å². The van der Waals surface area contributed by atoms with Gasteiger partial charge in [0, 0.05) is 36.3 Å². The summed E-state index contributed by atoms with van der Waals surface area (Å²) in [6.07, 6.45) is 2.50. The molecular formula is C18H23F2N5. The van der Waals surface area contributed by atoms with E-state index in [1.807, 2.05) is 32.0 Å². The first-order chi connectivity index (χ1) is 11.9. The average Bonchev–Trinajstić information content (AvgIpc) is 2.60. The highest BCUT2D eigenvalue weighted by Gasteiger charge is 2.35. The SMILES string of the molecule is Cc1nc(NCc2ccccn2)nc(NC2CCC(F)(F)CC2)c1C. The predicted molar refractivity (Wildman–Crippen MR) is 93.9 cm³/mol. The minimum atomic E-state index is -2.52. The molecule has 5 nitrogen and oxygen atoms in total. The second kappa shape index (κ2) is 7.29. The van der Waals surface area contributed by atoms with E-state index in [1.165, 1.54) is 0 Å². The first-order valence-corrected chi connectivity index (χ1v) is 8.56. The smallest absolute Gasteiger partial charge is 0.248 e. The lowest BCUT2D eigenvalue weighted by Gasteiger charge is -2.29. The molecule has 0 amide bonds. The normalized spacial score (nSPS) is 17.3. The number of nitrogens with zero attached hydrogens (tertiary/aromatic N) is 3. The second-order valence-corrected chi connectivity index (χ2v) is 6.56. The Labute approximate surface area is 146 Å². The van der Waals surface area contributed by atoms with E-state index in [4.69, 9.17) is 0 Å². The van der Waals surface area contributed by atoms with Crippen LogP contribution in [0.15, 0.2) is 24.4 Å². The Morgan fingerprint density at radius 1 is 1.16 bits per heavy atom. The minimum absolute atomic E-state index is 0.0243. The molecule has 3 rings (SSSR count). The Morgan fingerprint density at radius 2 is 1.92 bits per heavy atom. The van der Waals surface area contributed by atoms with E-state index >= 15 is 0 Å². The molecule has 1 saturated carbocycles. The number of pyridine rings is 1. The van der Waals surface area contributed by atoms with Crippen molar-refractivity contribution in [2.75, 3.05) is 10.6 Å². The molecule has 0 bridgehead atoms. The van der Waals surface area contributed by atoms with Gasteiger partial charge in [-0.15, -0.1) is 0 Å². The van der Waals surface area contributed by atoms with Gasteiger partial charge in [-0.3, -0.25) is 4.98 Å². The molecule has 2 aromatic rings. The molecule has 0 unspecified atom stereocenters. The summed E-state index contributed by atoms with van der Waals surface area (Å²) in [6, 6.07) is 5.74. The number of nitrogens with one attached hydrogen (secondary N) is 2. The summed E-state index contributed by atoms with van der Waals surface area (Å²) in [5.74, 6) is -1.30. The van der Waals surface area contributed by atoms with Gasteiger partial charge in [0.15, 0.2) is 0 Å².